The van der Waals surface area contributed by atoms with Crippen molar-refractivity contribution in [2.45, 2.75) is 13.3 Å². The molecule has 0 heterocycles. The fourth-order valence-electron chi connectivity index (χ4n) is 1.73. The first kappa shape index (κ1) is 18.1. The molecule has 1 rings (SSSR count). The summed E-state index contributed by atoms with van der Waals surface area (Å²) >= 11 is 0. The smallest absolute Gasteiger partial charge is 0.191 e. The predicted molar refractivity (Wildman–Crippen MR) is 89.0 cm³/mol. The van der Waals surface area contributed by atoms with Crippen molar-refractivity contribution in [2.24, 2.45) is 4.99 Å². The molecule has 0 fully saturated rings. The minimum Gasteiger partial charge on any atom is -0.497 e. The number of nitrogens with one attached hydrogen (secondary N) is 2. The molecule has 2 N–H and O–H groups in total. The van der Waals surface area contributed by atoms with Crippen LogP contribution in [0.15, 0.2) is 29.3 Å². The van der Waals surface area contributed by atoms with Crippen molar-refractivity contribution in [3.05, 3.63) is 24.3 Å². The lowest BCUT2D eigenvalue weighted by atomic mass is 10.3. The molecular weight excluding hydrogens is 282 g/mol. The summed E-state index contributed by atoms with van der Waals surface area (Å²) in [6.45, 7) is 5.61. The molecule has 0 atom stereocenters. The lowest BCUT2D eigenvalue weighted by Gasteiger charge is -2.11. The summed E-state index contributed by atoms with van der Waals surface area (Å²) < 4.78 is 15.8. The lowest BCUT2D eigenvalue weighted by Crippen LogP contribution is -2.39. The quantitative estimate of drug-likeness (QED) is 0.391. The standard InChI is InChI=1S/C16H27N3O3/c1-4-17-16(19-11-13-20-2)18-10-5-12-22-15-8-6-14(21-3)7-9-15/h6-9H,4-5,10-13H2,1-3H3,(H2,17,18,19). The average molecular weight is 309 g/mol. The highest BCUT2D eigenvalue weighted by Crippen LogP contribution is 2.16. The Morgan fingerprint density at radius 2 is 1.77 bits per heavy atom. The van der Waals surface area contributed by atoms with Crippen LogP contribution in [0.2, 0.25) is 0 Å². The minimum atomic E-state index is 0.632. The van der Waals surface area contributed by atoms with E-state index in [1.807, 2.05) is 31.2 Å². The van der Waals surface area contributed by atoms with Gasteiger partial charge in [-0.15, -0.1) is 0 Å². The molecule has 0 amide bonds. The van der Waals surface area contributed by atoms with Crippen LogP contribution in [0.1, 0.15) is 13.3 Å². The van der Waals surface area contributed by atoms with Crippen LogP contribution < -0.4 is 20.1 Å². The van der Waals surface area contributed by atoms with Crippen molar-refractivity contribution in [3.63, 3.8) is 0 Å². The summed E-state index contributed by atoms with van der Waals surface area (Å²) in [5, 5.41) is 6.39. The van der Waals surface area contributed by atoms with Gasteiger partial charge >= 0.3 is 0 Å². The molecule has 0 saturated carbocycles. The molecule has 0 saturated heterocycles. The summed E-state index contributed by atoms with van der Waals surface area (Å²) in [7, 11) is 3.33. The first-order valence-electron chi connectivity index (χ1n) is 7.58. The van der Waals surface area contributed by atoms with Gasteiger partial charge in [-0.25, -0.2) is 0 Å². The molecule has 6 nitrogen and oxygen atoms in total. The SMILES string of the molecule is CCNC(=NCCCOc1ccc(OC)cc1)NCCOC. The van der Waals surface area contributed by atoms with Crippen LogP contribution in [0.5, 0.6) is 11.5 Å². The summed E-state index contributed by atoms with van der Waals surface area (Å²) in [5.74, 6) is 2.48. The van der Waals surface area contributed by atoms with Crippen LogP contribution in [0.4, 0.5) is 0 Å². The molecule has 0 unspecified atom stereocenters. The maximum atomic E-state index is 5.66. The molecule has 0 aliphatic heterocycles. The van der Waals surface area contributed by atoms with E-state index in [1.165, 1.54) is 0 Å². The van der Waals surface area contributed by atoms with E-state index in [0.717, 1.165) is 37.0 Å². The second-order valence-corrected chi connectivity index (χ2v) is 4.56. The summed E-state index contributed by atoms with van der Waals surface area (Å²) in [4.78, 5) is 4.48. The van der Waals surface area contributed by atoms with Gasteiger partial charge in [0.05, 0.1) is 20.3 Å². The van der Waals surface area contributed by atoms with Crippen LogP contribution in [0.25, 0.3) is 0 Å². The Morgan fingerprint density at radius 1 is 1.05 bits per heavy atom. The molecule has 124 valence electrons. The third kappa shape index (κ3) is 7.73. The van der Waals surface area contributed by atoms with Crippen LogP contribution in [0, 0.1) is 0 Å². The second kappa shape index (κ2) is 11.7. The second-order valence-electron chi connectivity index (χ2n) is 4.56. The van der Waals surface area contributed by atoms with Crippen molar-refractivity contribution >= 4 is 5.96 Å². The highest BCUT2D eigenvalue weighted by atomic mass is 16.5. The molecule has 6 heteroatoms. The largest absolute Gasteiger partial charge is 0.497 e. The van der Waals surface area contributed by atoms with Gasteiger partial charge in [-0.05, 0) is 31.2 Å². The molecule has 1 aromatic rings. The Labute approximate surface area is 132 Å². The molecular formula is C16H27N3O3. The maximum absolute atomic E-state index is 5.66. The molecule has 0 spiro atoms. The van der Waals surface area contributed by atoms with E-state index in [-0.39, 0.29) is 0 Å². The van der Waals surface area contributed by atoms with Gasteiger partial charge in [0.15, 0.2) is 5.96 Å². The van der Waals surface area contributed by atoms with Gasteiger partial charge < -0.3 is 24.8 Å². The van der Waals surface area contributed by atoms with E-state index in [4.69, 9.17) is 14.2 Å². The van der Waals surface area contributed by atoms with Gasteiger partial charge in [0.2, 0.25) is 0 Å². The van der Waals surface area contributed by atoms with Crippen molar-refractivity contribution in [1.82, 2.24) is 10.6 Å². The Balaban J connectivity index is 2.23. The highest BCUT2D eigenvalue weighted by molar-refractivity contribution is 5.79. The zero-order valence-corrected chi connectivity index (χ0v) is 13.7. The number of rotatable bonds is 10. The van der Waals surface area contributed by atoms with Crippen molar-refractivity contribution in [2.75, 3.05) is 47.1 Å². The number of nitrogens with zero attached hydrogens (tertiary/aromatic N) is 1. The van der Waals surface area contributed by atoms with Crippen molar-refractivity contribution in [3.8, 4) is 11.5 Å². The summed E-state index contributed by atoms with van der Waals surface area (Å²) in [6, 6.07) is 7.57. The topological polar surface area (TPSA) is 64.1 Å². The number of hydrogen-bond acceptors (Lipinski definition) is 4. The van der Waals surface area contributed by atoms with Gasteiger partial charge in [0, 0.05) is 33.2 Å². The molecule has 22 heavy (non-hydrogen) atoms. The molecule has 0 aliphatic rings. The fourth-order valence-corrected chi connectivity index (χ4v) is 1.73. The zero-order chi connectivity index (χ0) is 16.0. The van der Waals surface area contributed by atoms with Crippen LogP contribution in [0.3, 0.4) is 0 Å². The first-order valence-corrected chi connectivity index (χ1v) is 7.58. The van der Waals surface area contributed by atoms with E-state index in [1.54, 1.807) is 14.2 Å². The Hall–Kier alpha value is -1.95. The maximum Gasteiger partial charge on any atom is 0.191 e. The van der Waals surface area contributed by atoms with Gasteiger partial charge in [0.1, 0.15) is 11.5 Å². The number of guanidine groups is 1. The average Bonchev–Trinajstić information content (AvgIpc) is 2.55. The number of methoxy groups -OCH3 is 2. The fraction of sp³-hybridized carbons (Fsp3) is 0.562. The van der Waals surface area contributed by atoms with E-state index in [0.29, 0.717) is 19.8 Å². The summed E-state index contributed by atoms with van der Waals surface area (Å²) in [5.41, 5.74) is 0. The number of aliphatic imine (C=N–C) groups is 1. The molecule has 0 bridgehead atoms. The molecule has 0 aromatic heterocycles. The van der Waals surface area contributed by atoms with Gasteiger partial charge in [-0.2, -0.15) is 0 Å². The van der Waals surface area contributed by atoms with Crippen LogP contribution in [-0.2, 0) is 4.74 Å². The third-order valence-corrected chi connectivity index (χ3v) is 2.84. The van der Waals surface area contributed by atoms with E-state index in [2.05, 4.69) is 15.6 Å². The Kier molecular flexibility index (Phi) is 9.61. The molecule has 1 aromatic carbocycles. The predicted octanol–water partition coefficient (Wildman–Crippen LogP) is 1.67. The van der Waals surface area contributed by atoms with Gasteiger partial charge in [0.25, 0.3) is 0 Å². The minimum absolute atomic E-state index is 0.632. The normalized spacial score (nSPS) is 11.1. The number of ether oxygens (including phenoxy) is 3. The van der Waals surface area contributed by atoms with Gasteiger partial charge in [-0.3, -0.25) is 4.99 Å². The van der Waals surface area contributed by atoms with E-state index >= 15 is 0 Å². The molecule has 0 aliphatic carbocycles. The number of hydrogen-bond donors (Lipinski definition) is 2. The first-order chi connectivity index (χ1) is 10.8. The third-order valence-electron chi connectivity index (χ3n) is 2.84. The zero-order valence-electron chi connectivity index (χ0n) is 13.7. The number of benzene rings is 1. The lowest BCUT2D eigenvalue weighted by molar-refractivity contribution is 0.203. The van der Waals surface area contributed by atoms with Crippen molar-refractivity contribution in [1.29, 1.82) is 0 Å². The van der Waals surface area contributed by atoms with E-state index in [9.17, 15) is 0 Å². The van der Waals surface area contributed by atoms with E-state index < -0.39 is 0 Å². The highest BCUT2D eigenvalue weighted by Gasteiger charge is 1.97. The Morgan fingerprint density at radius 3 is 2.41 bits per heavy atom. The molecule has 0 radical (unpaired) electrons. The van der Waals surface area contributed by atoms with Gasteiger partial charge in [-0.1, -0.05) is 0 Å². The summed E-state index contributed by atoms with van der Waals surface area (Å²) in [6.07, 6.45) is 0.854. The van der Waals surface area contributed by atoms with Crippen molar-refractivity contribution < 1.29 is 14.2 Å². The monoisotopic (exact) mass is 309 g/mol. The van der Waals surface area contributed by atoms with Crippen LogP contribution >= 0.6 is 0 Å². The Bertz CT molecular complexity index is 421. The van der Waals surface area contributed by atoms with Crippen LogP contribution in [-0.4, -0.2) is 53.0 Å².